The van der Waals surface area contributed by atoms with Crippen LogP contribution in [0.2, 0.25) is 0 Å². The summed E-state index contributed by atoms with van der Waals surface area (Å²) in [5.41, 5.74) is 5.79. The van der Waals surface area contributed by atoms with Gasteiger partial charge in [-0.3, -0.25) is 4.90 Å². The van der Waals surface area contributed by atoms with Gasteiger partial charge in [-0.05, 0) is 27.7 Å². The summed E-state index contributed by atoms with van der Waals surface area (Å²) in [6.45, 7) is 12.1. The first kappa shape index (κ1) is 10.7. The SMILES string of the molecule is C=CC(C)N(C(C)C)C(C)N. The van der Waals surface area contributed by atoms with Gasteiger partial charge in [-0.25, -0.2) is 0 Å². The van der Waals surface area contributed by atoms with E-state index in [1.807, 2.05) is 13.0 Å². The molecule has 66 valence electrons. The lowest BCUT2D eigenvalue weighted by atomic mass is 10.2. The molecule has 11 heavy (non-hydrogen) atoms. The van der Waals surface area contributed by atoms with Crippen LogP contribution in [0.25, 0.3) is 0 Å². The largest absolute Gasteiger partial charge is 0.316 e. The van der Waals surface area contributed by atoms with E-state index in [0.29, 0.717) is 12.1 Å². The normalized spacial score (nSPS) is 17.0. The Labute approximate surface area is 70.1 Å². The highest BCUT2D eigenvalue weighted by atomic mass is 15.2. The Morgan fingerprint density at radius 1 is 1.27 bits per heavy atom. The Morgan fingerprint density at radius 3 is 1.82 bits per heavy atom. The molecule has 0 amide bonds. The lowest BCUT2D eigenvalue weighted by Crippen LogP contribution is -2.48. The van der Waals surface area contributed by atoms with Gasteiger partial charge in [0.05, 0.1) is 6.17 Å². The third-order valence-corrected chi connectivity index (χ3v) is 1.88. The second-order valence-electron chi connectivity index (χ2n) is 3.26. The van der Waals surface area contributed by atoms with E-state index in [2.05, 4.69) is 32.3 Å². The number of hydrogen-bond acceptors (Lipinski definition) is 2. The maximum Gasteiger partial charge on any atom is 0.0550 e. The summed E-state index contributed by atoms with van der Waals surface area (Å²) in [5.74, 6) is 0. The van der Waals surface area contributed by atoms with Crippen molar-refractivity contribution in [2.45, 2.75) is 45.9 Å². The molecule has 0 saturated carbocycles. The smallest absolute Gasteiger partial charge is 0.0550 e. The molecule has 2 N–H and O–H groups in total. The van der Waals surface area contributed by atoms with Crippen LogP contribution in [0.15, 0.2) is 12.7 Å². The summed E-state index contributed by atoms with van der Waals surface area (Å²) < 4.78 is 0. The molecule has 0 bridgehead atoms. The fourth-order valence-corrected chi connectivity index (χ4v) is 1.43. The second kappa shape index (κ2) is 4.52. The summed E-state index contributed by atoms with van der Waals surface area (Å²) >= 11 is 0. The number of nitrogens with zero attached hydrogens (tertiary/aromatic N) is 1. The molecule has 2 nitrogen and oxygen atoms in total. The zero-order valence-electron chi connectivity index (χ0n) is 8.04. The summed E-state index contributed by atoms with van der Waals surface area (Å²) in [6, 6.07) is 0.831. The summed E-state index contributed by atoms with van der Waals surface area (Å²) in [7, 11) is 0. The van der Waals surface area contributed by atoms with Gasteiger partial charge >= 0.3 is 0 Å². The molecule has 0 aromatic rings. The van der Waals surface area contributed by atoms with Crippen molar-refractivity contribution in [1.29, 1.82) is 0 Å². The predicted octanol–water partition coefficient (Wildman–Crippen LogP) is 1.58. The van der Waals surface area contributed by atoms with Gasteiger partial charge in [0.1, 0.15) is 0 Å². The van der Waals surface area contributed by atoms with Crippen molar-refractivity contribution in [3.63, 3.8) is 0 Å². The van der Waals surface area contributed by atoms with Gasteiger partial charge in [-0.15, -0.1) is 6.58 Å². The van der Waals surface area contributed by atoms with Crippen LogP contribution in [-0.4, -0.2) is 23.1 Å². The quantitative estimate of drug-likeness (QED) is 0.494. The molecule has 0 saturated heterocycles. The summed E-state index contributed by atoms with van der Waals surface area (Å²) in [5, 5.41) is 0. The van der Waals surface area contributed by atoms with Crippen LogP contribution in [0.1, 0.15) is 27.7 Å². The van der Waals surface area contributed by atoms with Crippen molar-refractivity contribution in [3.05, 3.63) is 12.7 Å². The third-order valence-electron chi connectivity index (χ3n) is 1.88. The van der Waals surface area contributed by atoms with Gasteiger partial charge in [0, 0.05) is 12.1 Å². The van der Waals surface area contributed by atoms with Crippen LogP contribution in [0.5, 0.6) is 0 Å². The number of hydrogen-bond donors (Lipinski definition) is 1. The average Bonchev–Trinajstić information content (AvgIpc) is 1.85. The Bertz CT molecular complexity index is 111. The molecule has 0 rings (SSSR count). The lowest BCUT2D eigenvalue weighted by molar-refractivity contribution is 0.141. The Hall–Kier alpha value is -0.340. The molecule has 0 radical (unpaired) electrons. The maximum atomic E-state index is 5.79. The van der Waals surface area contributed by atoms with Crippen LogP contribution >= 0.6 is 0 Å². The third kappa shape index (κ3) is 3.04. The molecular formula is C9H20N2. The van der Waals surface area contributed by atoms with Gasteiger partial charge in [0.2, 0.25) is 0 Å². The zero-order chi connectivity index (χ0) is 9.02. The van der Waals surface area contributed by atoms with Crippen molar-refractivity contribution in [3.8, 4) is 0 Å². The molecule has 2 atom stereocenters. The van der Waals surface area contributed by atoms with Crippen LogP contribution < -0.4 is 5.73 Å². The Balaban J connectivity index is 4.20. The van der Waals surface area contributed by atoms with Crippen molar-refractivity contribution in [2.75, 3.05) is 0 Å². The van der Waals surface area contributed by atoms with E-state index in [1.165, 1.54) is 0 Å². The van der Waals surface area contributed by atoms with Crippen molar-refractivity contribution >= 4 is 0 Å². The highest BCUT2D eigenvalue weighted by molar-refractivity contribution is 4.86. The van der Waals surface area contributed by atoms with Gasteiger partial charge in [-0.1, -0.05) is 6.08 Å². The molecule has 0 spiro atoms. The molecule has 0 aromatic heterocycles. The van der Waals surface area contributed by atoms with Crippen LogP contribution in [0, 0.1) is 0 Å². The fraction of sp³-hybridized carbons (Fsp3) is 0.778. The molecule has 2 unspecified atom stereocenters. The molecule has 0 aromatic carbocycles. The second-order valence-corrected chi connectivity index (χ2v) is 3.26. The molecule has 0 aliphatic heterocycles. The van der Waals surface area contributed by atoms with Crippen LogP contribution in [0.3, 0.4) is 0 Å². The minimum Gasteiger partial charge on any atom is -0.316 e. The van der Waals surface area contributed by atoms with Crippen molar-refractivity contribution in [2.24, 2.45) is 5.73 Å². The summed E-state index contributed by atoms with van der Waals surface area (Å²) in [6.07, 6.45) is 2.02. The standard InChI is InChI=1S/C9H20N2/c1-6-8(4)11(7(2)3)9(5)10/h6-9H,1,10H2,2-5H3. The molecule has 0 fully saturated rings. The monoisotopic (exact) mass is 156 g/mol. The van der Waals surface area contributed by atoms with Gasteiger partial charge < -0.3 is 5.73 Å². The van der Waals surface area contributed by atoms with Gasteiger partial charge in [-0.2, -0.15) is 0 Å². The summed E-state index contributed by atoms with van der Waals surface area (Å²) in [4.78, 5) is 2.22. The molecule has 0 heterocycles. The first-order valence-electron chi connectivity index (χ1n) is 4.16. The van der Waals surface area contributed by atoms with E-state index >= 15 is 0 Å². The van der Waals surface area contributed by atoms with Gasteiger partial charge in [0.25, 0.3) is 0 Å². The van der Waals surface area contributed by atoms with E-state index in [9.17, 15) is 0 Å². The van der Waals surface area contributed by atoms with E-state index in [0.717, 1.165) is 0 Å². The van der Waals surface area contributed by atoms with E-state index in [1.54, 1.807) is 0 Å². The number of nitrogens with two attached hydrogens (primary N) is 1. The molecule has 0 aliphatic carbocycles. The van der Waals surface area contributed by atoms with Crippen LogP contribution in [-0.2, 0) is 0 Å². The van der Waals surface area contributed by atoms with Gasteiger partial charge in [0.15, 0.2) is 0 Å². The van der Waals surface area contributed by atoms with Crippen molar-refractivity contribution < 1.29 is 0 Å². The number of rotatable bonds is 4. The highest BCUT2D eigenvalue weighted by Gasteiger charge is 2.17. The first-order chi connectivity index (χ1) is 5.00. The molecule has 0 aliphatic rings. The fourth-order valence-electron chi connectivity index (χ4n) is 1.43. The van der Waals surface area contributed by atoms with E-state index < -0.39 is 0 Å². The predicted molar refractivity (Wildman–Crippen MR) is 50.3 cm³/mol. The minimum atomic E-state index is 0.1000. The molecular weight excluding hydrogens is 136 g/mol. The lowest BCUT2D eigenvalue weighted by Gasteiger charge is -2.34. The van der Waals surface area contributed by atoms with Crippen LogP contribution in [0.4, 0.5) is 0 Å². The van der Waals surface area contributed by atoms with E-state index in [-0.39, 0.29) is 6.17 Å². The Morgan fingerprint density at radius 2 is 1.73 bits per heavy atom. The minimum absolute atomic E-state index is 0.1000. The topological polar surface area (TPSA) is 29.3 Å². The van der Waals surface area contributed by atoms with Crippen molar-refractivity contribution in [1.82, 2.24) is 4.90 Å². The first-order valence-corrected chi connectivity index (χ1v) is 4.16. The van der Waals surface area contributed by atoms with E-state index in [4.69, 9.17) is 5.73 Å². The zero-order valence-corrected chi connectivity index (χ0v) is 8.04. The Kier molecular flexibility index (Phi) is 4.38. The molecule has 2 heteroatoms. The maximum absolute atomic E-state index is 5.79. The average molecular weight is 156 g/mol. The highest BCUT2D eigenvalue weighted by Crippen LogP contribution is 2.07.